The van der Waals surface area contributed by atoms with E-state index in [1.807, 2.05) is 41.1 Å². The molecule has 0 bridgehead atoms. The first-order valence-electron chi connectivity index (χ1n) is 6.61. The molecule has 0 radical (unpaired) electrons. The van der Waals surface area contributed by atoms with E-state index in [2.05, 4.69) is 55.8 Å². The van der Waals surface area contributed by atoms with Crippen LogP contribution in [-0.4, -0.2) is 20.2 Å². The molecule has 1 atom stereocenters. The number of halogens is 1. The highest BCUT2D eigenvalue weighted by Gasteiger charge is 2.37. The lowest BCUT2D eigenvalue weighted by Gasteiger charge is -2.37. The number of nitrogens with one attached hydrogen (secondary N) is 1. The third-order valence-electron chi connectivity index (χ3n) is 3.85. The first-order valence-corrected chi connectivity index (χ1v) is 7.40. The van der Waals surface area contributed by atoms with Crippen molar-refractivity contribution in [2.45, 2.75) is 12.6 Å². The summed E-state index contributed by atoms with van der Waals surface area (Å²) in [5.41, 5.74) is 2.62. The van der Waals surface area contributed by atoms with Crippen LogP contribution in [-0.2, 0) is 5.66 Å². The van der Waals surface area contributed by atoms with Gasteiger partial charge in [-0.2, -0.15) is 4.68 Å². The van der Waals surface area contributed by atoms with Crippen LogP contribution in [0.25, 0.3) is 11.4 Å². The minimum atomic E-state index is -0.520. The average Bonchev–Trinajstić information content (AvgIpc) is 2.99. The zero-order chi connectivity index (χ0) is 14.4. The zero-order valence-corrected chi connectivity index (χ0v) is 12.9. The zero-order valence-electron chi connectivity index (χ0n) is 11.3. The van der Waals surface area contributed by atoms with Gasteiger partial charge in [0.25, 0.3) is 0 Å². The summed E-state index contributed by atoms with van der Waals surface area (Å²) in [7, 11) is 0. The highest BCUT2D eigenvalue weighted by atomic mass is 79.9. The van der Waals surface area contributed by atoms with Crippen molar-refractivity contribution >= 4 is 21.6 Å². The molecular weight excluding hydrogens is 330 g/mol. The van der Waals surface area contributed by atoms with Gasteiger partial charge in [-0.3, -0.25) is 0 Å². The van der Waals surface area contributed by atoms with Crippen molar-refractivity contribution in [3.63, 3.8) is 0 Å². The van der Waals surface area contributed by atoms with E-state index in [1.165, 1.54) is 0 Å². The van der Waals surface area contributed by atoms with E-state index in [9.17, 15) is 0 Å². The SMILES string of the molecule is C[C@]1(c2ccc(Br)cc2)Nc2ccccc2-c2nnnn21. The molecule has 2 aromatic carbocycles. The molecular formula is C15H12BrN5. The van der Waals surface area contributed by atoms with Crippen molar-refractivity contribution in [3.05, 3.63) is 58.6 Å². The van der Waals surface area contributed by atoms with Gasteiger partial charge < -0.3 is 5.32 Å². The lowest BCUT2D eigenvalue weighted by Crippen LogP contribution is -2.43. The van der Waals surface area contributed by atoms with Crippen LogP contribution >= 0.6 is 15.9 Å². The number of fused-ring (bicyclic) bond motifs is 3. The number of aromatic nitrogens is 4. The Balaban J connectivity index is 1.94. The van der Waals surface area contributed by atoms with Gasteiger partial charge in [0.05, 0.1) is 0 Å². The number of anilines is 1. The number of benzene rings is 2. The summed E-state index contributed by atoms with van der Waals surface area (Å²) in [6.45, 7) is 2.08. The quantitative estimate of drug-likeness (QED) is 0.738. The van der Waals surface area contributed by atoms with Crippen LogP contribution in [0.2, 0.25) is 0 Å². The summed E-state index contributed by atoms with van der Waals surface area (Å²) >= 11 is 3.47. The standard InChI is InChI=1S/C15H12BrN5/c1-15(10-6-8-11(16)9-7-10)17-13-5-3-2-4-12(13)14-18-19-20-21(14)15/h2-9,17H,1H3/t15-/m0/s1. The molecule has 0 amide bonds. The predicted octanol–water partition coefficient (Wildman–Crippen LogP) is 3.25. The van der Waals surface area contributed by atoms with Crippen molar-refractivity contribution in [3.8, 4) is 11.4 Å². The summed E-state index contributed by atoms with van der Waals surface area (Å²) in [6.07, 6.45) is 0. The number of rotatable bonds is 1. The minimum absolute atomic E-state index is 0.520. The third-order valence-corrected chi connectivity index (χ3v) is 4.37. The summed E-state index contributed by atoms with van der Waals surface area (Å²) in [5.74, 6) is 0.773. The van der Waals surface area contributed by atoms with E-state index in [0.717, 1.165) is 27.1 Å². The van der Waals surface area contributed by atoms with Gasteiger partial charge in [-0.15, -0.1) is 5.10 Å². The van der Waals surface area contributed by atoms with Crippen LogP contribution in [0.5, 0.6) is 0 Å². The van der Waals surface area contributed by atoms with Crippen LogP contribution in [0.4, 0.5) is 5.69 Å². The lowest BCUT2D eigenvalue weighted by molar-refractivity contribution is 0.393. The molecule has 0 saturated carbocycles. The predicted molar refractivity (Wildman–Crippen MR) is 83.8 cm³/mol. The Morgan fingerprint density at radius 2 is 1.86 bits per heavy atom. The number of para-hydroxylation sites is 1. The Morgan fingerprint density at radius 1 is 1.10 bits per heavy atom. The molecule has 1 aliphatic rings. The van der Waals surface area contributed by atoms with Gasteiger partial charge in [0.15, 0.2) is 11.5 Å². The smallest absolute Gasteiger partial charge is 0.186 e. The largest absolute Gasteiger partial charge is 0.357 e. The summed E-state index contributed by atoms with van der Waals surface area (Å²) < 4.78 is 2.88. The Labute approximate surface area is 130 Å². The van der Waals surface area contributed by atoms with E-state index < -0.39 is 5.66 Å². The number of hydrogen-bond acceptors (Lipinski definition) is 4. The Bertz CT molecular complexity index is 811. The fourth-order valence-corrected chi connectivity index (χ4v) is 2.99. The first-order chi connectivity index (χ1) is 10.2. The van der Waals surface area contributed by atoms with E-state index in [4.69, 9.17) is 0 Å². The normalized spacial score (nSPS) is 19.5. The molecule has 0 spiro atoms. The molecule has 6 heteroatoms. The van der Waals surface area contributed by atoms with Crippen LogP contribution in [0.1, 0.15) is 12.5 Å². The van der Waals surface area contributed by atoms with Crippen LogP contribution in [0.15, 0.2) is 53.0 Å². The number of nitrogens with zero attached hydrogens (tertiary/aromatic N) is 4. The third kappa shape index (κ3) is 1.79. The molecule has 1 aliphatic heterocycles. The molecule has 1 aromatic heterocycles. The second-order valence-corrected chi connectivity index (χ2v) is 6.08. The second kappa shape index (κ2) is 4.39. The van der Waals surface area contributed by atoms with Crippen molar-refractivity contribution in [1.29, 1.82) is 0 Å². The molecule has 0 aliphatic carbocycles. The molecule has 0 unspecified atom stereocenters. The van der Waals surface area contributed by atoms with Gasteiger partial charge in [-0.1, -0.05) is 40.2 Å². The number of hydrogen-bond donors (Lipinski definition) is 1. The Morgan fingerprint density at radius 3 is 2.67 bits per heavy atom. The average molecular weight is 342 g/mol. The maximum atomic E-state index is 4.19. The van der Waals surface area contributed by atoms with Crippen molar-refractivity contribution in [1.82, 2.24) is 20.2 Å². The van der Waals surface area contributed by atoms with Crippen LogP contribution in [0, 0.1) is 0 Å². The summed E-state index contributed by atoms with van der Waals surface area (Å²) in [4.78, 5) is 0. The monoisotopic (exact) mass is 341 g/mol. The highest BCUT2D eigenvalue weighted by Crippen LogP contribution is 2.39. The first kappa shape index (κ1) is 12.5. The molecule has 2 heterocycles. The molecule has 3 aromatic rings. The second-order valence-electron chi connectivity index (χ2n) is 5.16. The van der Waals surface area contributed by atoms with Crippen LogP contribution < -0.4 is 5.32 Å². The van der Waals surface area contributed by atoms with Gasteiger partial charge in [-0.05, 0) is 47.2 Å². The van der Waals surface area contributed by atoms with Gasteiger partial charge in [0.1, 0.15) is 0 Å². The van der Waals surface area contributed by atoms with E-state index in [-0.39, 0.29) is 0 Å². The lowest BCUT2D eigenvalue weighted by atomic mass is 9.97. The fraction of sp³-hybridized carbons (Fsp3) is 0.133. The molecule has 1 N–H and O–H groups in total. The summed E-state index contributed by atoms with van der Waals surface area (Å²) in [5, 5.41) is 15.8. The van der Waals surface area contributed by atoms with E-state index in [0.29, 0.717) is 0 Å². The highest BCUT2D eigenvalue weighted by molar-refractivity contribution is 9.10. The maximum Gasteiger partial charge on any atom is 0.186 e. The molecule has 4 rings (SSSR count). The minimum Gasteiger partial charge on any atom is -0.357 e. The molecule has 0 fully saturated rings. The molecule has 21 heavy (non-hydrogen) atoms. The molecule has 5 nitrogen and oxygen atoms in total. The van der Waals surface area contributed by atoms with Gasteiger partial charge >= 0.3 is 0 Å². The van der Waals surface area contributed by atoms with Crippen molar-refractivity contribution < 1.29 is 0 Å². The van der Waals surface area contributed by atoms with Gasteiger partial charge in [-0.25, -0.2) is 0 Å². The maximum absolute atomic E-state index is 4.19. The fourth-order valence-electron chi connectivity index (χ4n) is 2.73. The van der Waals surface area contributed by atoms with Gasteiger partial charge in [0.2, 0.25) is 0 Å². The molecule has 0 saturated heterocycles. The Hall–Kier alpha value is -2.21. The van der Waals surface area contributed by atoms with E-state index >= 15 is 0 Å². The summed E-state index contributed by atoms with van der Waals surface area (Å²) in [6, 6.07) is 16.2. The van der Waals surface area contributed by atoms with Crippen molar-refractivity contribution in [2.75, 3.05) is 5.32 Å². The van der Waals surface area contributed by atoms with Crippen molar-refractivity contribution in [2.24, 2.45) is 0 Å². The Kier molecular flexibility index (Phi) is 2.62. The van der Waals surface area contributed by atoms with E-state index in [1.54, 1.807) is 0 Å². The topological polar surface area (TPSA) is 55.6 Å². The van der Waals surface area contributed by atoms with Crippen LogP contribution in [0.3, 0.4) is 0 Å². The van der Waals surface area contributed by atoms with Gasteiger partial charge in [0, 0.05) is 15.7 Å². The number of tetrazole rings is 1. The molecule has 104 valence electrons.